The number of anilines is 2. The van der Waals surface area contributed by atoms with E-state index in [0.29, 0.717) is 18.0 Å². The highest BCUT2D eigenvalue weighted by molar-refractivity contribution is 6.39. The van der Waals surface area contributed by atoms with E-state index in [1.165, 1.54) is 18.4 Å². The zero-order valence-electron chi connectivity index (χ0n) is 18.3. The minimum Gasteiger partial charge on any atom is -0.495 e. The highest BCUT2D eigenvalue weighted by Crippen LogP contribution is 2.30. The molecule has 3 rings (SSSR count). The van der Waals surface area contributed by atoms with E-state index < -0.39 is 11.8 Å². The number of rotatable bonds is 6. The third kappa shape index (κ3) is 4.74. The van der Waals surface area contributed by atoms with Crippen LogP contribution in [-0.2, 0) is 16.0 Å². The Kier molecular flexibility index (Phi) is 6.62. The lowest BCUT2D eigenvalue weighted by molar-refractivity contribution is -0.136. The molecule has 7 nitrogen and oxygen atoms in total. The Morgan fingerprint density at radius 3 is 2.63 bits per heavy atom. The van der Waals surface area contributed by atoms with Crippen LogP contribution >= 0.6 is 0 Å². The smallest absolute Gasteiger partial charge is 0.313 e. The number of ether oxygens (including phenoxy) is 1. The molecule has 30 heavy (non-hydrogen) atoms. The van der Waals surface area contributed by atoms with Gasteiger partial charge in [0.2, 0.25) is 0 Å². The summed E-state index contributed by atoms with van der Waals surface area (Å²) >= 11 is 0. The van der Waals surface area contributed by atoms with Gasteiger partial charge in [0.1, 0.15) is 5.75 Å². The molecule has 1 heterocycles. The van der Waals surface area contributed by atoms with Crippen LogP contribution in [0.2, 0.25) is 0 Å². The topological polar surface area (TPSA) is 73.9 Å². The second kappa shape index (κ2) is 9.17. The molecule has 1 unspecified atom stereocenters. The second-order valence-electron chi connectivity index (χ2n) is 7.91. The highest BCUT2D eigenvalue weighted by atomic mass is 16.5. The second-order valence-corrected chi connectivity index (χ2v) is 7.91. The maximum atomic E-state index is 12.4. The van der Waals surface area contributed by atoms with Gasteiger partial charge in [-0.1, -0.05) is 18.2 Å². The number of hydrogen-bond acceptors (Lipinski definition) is 5. The summed E-state index contributed by atoms with van der Waals surface area (Å²) in [6, 6.07) is 11.8. The first-order valence-electron chi connectivity index (χ1n) is 10.0. The Morgan fingerprint density at radius 2 is 1.93 bits per heavy atom. The predicted octanol–water partition coefficient (Wildman–Crippen LogP) is 2.35. The van der Waals surface area contributed by atoms with E-state index >= 15 is 0 Å². The Bertz CT molecular complexity index is 942. The van der Waals surface area contributed by atoms with Crippen LogP contribution in [0.25, 0.3) is 0 Å². The van der Waals surface area contributed by atoms with Crippen molar-refractivity contribution in [1.82, 2.24) is 10.2 Å². The van der Waals surface area contributed by atoms with Crippen molar-refractivity contribution >= 4 is 23.2 Å². The van der Waals surface area contributed by atoms with Crippen LogP contribution in [0.3, 0.4) is 0 Å². The van der Waals surface area contributed by atoms with Gasteiger partial charge in [-0.05, 0) is 62.3 Å². The van der Waals surface area contributed by atoms with E-state index in [2.05, 4.69) is 40.8 Å². The minimum absolute atomic E-state index is 0.0357. The van der Waals surface area contributed by atoms with Gasteiger partial charge in [0.15, 0.2) is 0 Å². The van der Waals surface area contributed by atoms with Gasteiger partial charge in [-0.2, -0.15) is 0 Å². The molecule has 0 spiro atoms. The molecule has 2 aromatic carbocycles. The summed E-state index contributed by atoms with van der Waals surface area (Å²) in [6.45, 7) is 3.26. The van der Waals surface area contributed by atoms with Crippen molar-refractivity contribution in [2.24, 2.45) is 0 Å². The number of amides is 2. The molecule has 7 heteroatoms. The summed E-state index contributed by atoms with van der Waals surface area (Å²) in [6.07, 6.45) is 1.02. The fourth-order valence-electron chi connectivity index (χ4n) is 3.76. The molecule has 160 valence electrons. The molecular formula is C23H30N4O3. The summed E-state index contributed by atoms with van der Waals surface area (Å²) in [4.78, 5) is 29.1. The van der Waals surface area contributed by atoms with Crippen LogP contribution in [0.1, 0.15) is 22.7 Å². The summed E-state index contributed by atoms with van der Waals surface area (Å²) in [5, 5.41) is 5.41. The average molecular weight is 411 g/mol. The van der Waals surface area contributed by atoms with Crippen molar-refractivity contribution in [2.45, 2.75) is 19.4 Å². The Balaban J connectivity index is 1.66. The zero-order chi connectivity index (χ0) is 21.8. The average Bonchev–Trinajstić information content (AvgIpc) is 3.08. The predicted molar refractivity (Wildman–Crippen MR) is 119 cm³/mol. The maximum absolute atomic E-state index is 12.4. The molecule has 1 atom stereocenters. The Hall–Kier alpha value is -3.06. The van der Waals surface area contributed by atoms with Crippen LogP contribution < -0.4 is 20.3 Å². The van der Waals surface area contributed by atoms with Crippen molar-refractivity contribution in [1.29, 1.82) is 0 Å². The van der Waals surface area contributed by atoms with Crippen LogP contribution in [0.4, 0.5) is 11.4 Å². The molecule has 0 saturated carbocycles. The molecule has 0 radical (unpaired) electrons. The van der Waals surface area contributed by atoms with Crippen LogP contribution in [-0.4, -0.2) is 58.1 Å². The molecule has 1 aliphatic heterocycles. The van der Waals surface area contributed by atoms with Crippen molar-refractivity contribution in [3.8, 4) is 5.75 Å². The van der Waals surface area contributed by atoms with Gasteiger partial charge in [-0.25, -0.2) is 0 Å². The molecule has 0 fully saturated rings. The van der Waals surface area contributed by atoms with E-state index in [1.54, 1.807) is 12.1 Å². The van der Waals surface area contributed by atoms with Gasteiger partial charge in [0.05, 0.1) is 18.8 Å². The summed E-state index contributed by atoms with van der Waals surface area (Å²) < 4.78 is 5.26. The quantitative estimate of drug-likeness (QED) is 0.716. The third-order valence-corrected chi connectivity index (χ3v) is 5.50. The maximum Gasteiger partial charge on any atom is 0.313 e. The first-order valence-corrected chi connectivity index (χ1v) is 10.0. The van der Waals surface area contributed by atoms with E-state index in [1.807, 2.05) is 32.0 Å². The number of hydrogen-bond donors (Lipinski definition) is 2. The fraction of sp³-hybridized carbons (Fsp3) is 0.391. The largest absolute Gasteiger partial charge is 0.495 e. The fourth-order valence-corrected chi connectivity index (χ4v) is 3.76. The van der Waals surface area contributed by atoms with Crippen molar-refractivity contribution in [3.05, 3.63) is 53.1 Å². The molecular weight excluding hydrogens is 380 g/mol. The standard InChI is InChI=1S/C23H30N4O3/c1-15-6-9-21(30-5)18(12-15)25-23(29)22(28)24-14-20(26(2)3)16-7-8-19-17(13-16)10-11-27(19)4/h6-9,12-13,20H,10-11,14H2,1-5H3,(H,24,28)(H,25,29). The van der Waals surface area contributed by atoms with Gasteiger partial charge < -0.3 is 25.2 Å². The number of benzene rings is 2. The first kappa shape index (κ1) is 21.6. The van der Waals surface area contributed by atoms with Crippen LogP contribution in [0.5, 0.6) is 5.75 Å². The number of fused-ring (bicyclic) bond motifs is 1. The third-order valence-electron chi connectivity index (χ3n) is 5.50. The molecule has 0 aromatic heterocycles. The number of aryl methyl sites for hydroxylation is 1. The first-order chi connectivity index (χ1) is 14.3. The van der Waals surface area contributed by atoms with Crippen molar-refractivity contribution in [3.63, 3.8) is 0 Å². The van der Waals surface area contributed by atoms with Gasteiger partial charge in [-0.3, -0.25) is 9.59 Å². The number of carbonyl (C=O) groups excluding carboxylic acids is 2. The molecule has 2 aromatic rings. The summed E-state index contributed by atoms with van der Waals surface area (Å²) in [7, 11) is 7.55. The molecule has 2 amide bonds. The number of carbonyl (C=O) groups is 2. The van der Waals surface area contributed by atoms with Crippen molar-refractivity contribution in [2.75, 3.05) is 51.6 Å². The van der Waals surface area contributed by atoms with E-state index in [4.69, 9.17) is 4.74 Å². The molecule has 0 aliphatic carbocycles. The molecule has 2 N–H and O–H groups in total. The minimum atomic E-state index is -0.716. The summed E-state index contributed by atoms with van der Waals surface area (Å²) in [5.74, 6) is -0.880. The lowest BCUT2D eigenvalue weighted by Crippen LogP contribution is -2.40. The van der Waals surface area contributed by atoms with Gasteiger partial charge in [0.25, 0.3) is 0 Å². The lowest BCUT2D eigenvalue weighted by atomic mass is 10.0. The van der Waals surface area contributed by atoms with Gasteiger partial charge in [-0.15, -0.1) is 0 Å². The molecule has 0 saturated heterocycles. The monoisotopic (exact) mass is 410 g/mol. The zero-order valence-corrected chi connectivity index (χ0v) is 18.3. The highest BCUT2D eigenvalue weighted by Gasteiger charge is 2.22. The van der Waals surface area contributed by atoms with Crippen LogP contribution in [0, 0.1) is 6.92 Å². The normalized spacial score (nSPS) is 13.7. The lowest BCUT2D eigenvalue weighted by Gasteiger charge is -2.26. The summed E-state index contributed by atoms with van der Waals surface area (Å²) in [5.41, 5.74) is 5.13. The molecule has 0 bridgehead atoms. The van der Waals surface area contributed by atoms with E-state index in [0.717, 1.165) is 24.1 Å². The Morgan fingerprint density at radius 1 is 1.17 bits per heavy atom. The van der Waals surface area contributed by atoms with E-state index in [9.17, 15) is 9.59 Å². The number of methoxy groups -OCH3 is 1. The number of nitrogens with one attached hydrogen (secondary N) is 2. The SMILES string of the molecule is COc1ccc(C)cc1NC(=O)C(=O)NCC(c1ccc2c(c1)CCN2C)N(C)C. The number of nitrogens with zero attached hydrogens (tertiary/aromatic N) is 2. The van der Waals surface area contributed by atoms with Gasteiger partial charge in [0, 0.05) is 25.8 Å². The van der Waals surface area contributed by atoms with Gasteiger partial charge >= 0.3 is 11.8 Å². The van der Waals surface area contributed by atoms with E-state index in [-0.39, 0.29) is 6.04 Å². The van der Waals surface area contributed by atoms with Crippen molar-refractivity contribution < 1.29 is 14.3 Å². The Labute approximate surface area is 178 Å². The molecule has 1 aliphatic rings. The number of likely N-dealkylation sites (N-methyl/N-ethyl adjacent to an activating group) is 2. The van der Waals surface area contributed by atoms with Crippen LogP contribution in [0.15, 0.2) is 36.4 Å².